The van der Waals surface area contributed by atoms with Crippen LogP contribution < -0.4 is 5.32 Å². The number of aryl methyl sites for hydroxylation is 1. The molecule has 0 aliphatic carbocycles. The standard InChI is InChI=1S/C18H18FN3O2/c1-11-6-7-15(20-10-11)21-18(24)14-9-16(23)22(2)17(14)12-4-3-5-13(19)8-12/h3-8,10,14,17H,9H2,1-2H3,(H,20,21,24)/t14-,17-/m1/s1. The number of benzene rings is 1. The molecule has 1 aromatic heterocycles. The van der Waals surface area contributed by atoms with Crippen molar-refractivity contribution in [3.8, 4) is 0 Å². The zero-order chi connectivity index (χ0) is 17.3. The van der Waals surface area contributed by atoms with E-state index in [1.54, 1.807) is 31.4 Å². The van der Waals surface area contributed by atoms with E-state index in [0.29, 0.717) is 11.4 Å². The van der Waals surface area contributed by atoms with Gasteiger partial charge in [-0.2, -0.15) is 0 Å². The SMILES string of the molecule is Cc1ccc(NC(=O)[C@@H]2CC(=O)N(C)[C@@H]2c2cccc(F)c2)nc1. The molecular formula is C18H18FN3O2. The molecule has 5 nitrogen and oxygen atoms in total. The predicted octanol–water partition coefficient (Wildman–Crippen LogP) is 2.69. The highest BCUT2D eigenvalue weighted by Gasteiger charge is 2.42. The Kier molecular flexibility index (Phi) is 4.29. The molecule has 2 atom stereocenters. The second kappa shape index (κ2) is 6.39. The molecule has 2 heterocycles. The summed E-state index contributed by atoms with van der Waals surface area (Å²) < 4.78 is 13.5. The van der Waals surface area contributed by atoms with E-state index < -0.39 is 12.0 Å². The number of hydrogen-bond donors (Lipinski definition) is 1. The van der Waals surface area contributed by atoms with Crippen LogP contribution in [-0.2, 0) is 9.59 Å². The normalized spacial score (nSPS) is 20.3. The number of amides is 2. The third kappa shape index (κ3) is 3.13. The summed E-state index contributed by atoms with van der Waals surface area (Å²) in [6.45, 7) is 1.91. The Balaban J connectivity index is 1.85. The van der Waals surface area contributed by atoms with Crippen LogP contribution in [0.15, 0.2) is 42.6 Å². The summed E-state index contributed by atoms with van der Waals surface area (Å²) >= 11 is 0. The summed E-state index contributed by atoms with van der Waals surface area (Å²) in [5.74, 6) is -0.975. The van der Waals surface area contributed by atoms with Gasteiger partial charge in [0, 0.05) is 19.7 Å². The second-order valence-corrected chi connectivity index (χ2v) is 6.03. The van der Waals surface area contributed by atoms with Crippen LogP contribution in [0.25, 0.3) is 0 Å². The molecule has 1 N–H and O–H groups in total. The van der Waals surface area contributed by atoms with Crippen LogP contribution in [0, 0.1) is 18.7 Å². The van der Waals surface area contributed by atoms with Gasteiger partial charge in [-0.1, -0.05) is 18.2 Å². The van der Waals surface area contributed by atoms with Crippen molar-refractivity contribution in [3.05, 3.63) is 59.5 Å². The molecule has 1 aliphatic rings. The molecule has 1 fully saturated rings. The van der Waals surface area contributed by atoms with E-state index in [0.717, 1.165) is 5.56 Å². The Morgan fingerprint density at radius 2 is 2.12 bits per heavy atom. The molecule has 6 heteroatoms. The van der Waals surface area contributed by atoms with Gasteiger partial charge in [0.25, 0.3) is 0 Å². The fourth-order valence-electron chi connectivity index (χ4n) is 3.01. The number of rotatable bonds is 3. The molecule has 0 spiro atoms. The largest absolute Gasteiger partial charge is 0.338 e. The van der Waals surface area contributed by atoms with E-state index in [-0.39, 0.29) is 24.1 Å². The van der Waals surface area contributed by atoms with Crippen molar-refractivity contribution >= 4 is 17.6 Å². The average Bonchev–Trinajstić information content (AvgIpc) is 2.85. The molecule has 0 unspecified atom stereocenters. The van der Waals surface area contributed by atoms with Crippen molar-refractivity contribution in [2.45, 2.75) is 19.4 Å². The predicted molar refractivity (Wildman–Crippen MR) is 87.6 cm³/mol. The molecule has 124 valence electrons. The highest BCUT2D eigenvalue weighted by molar-refractivity contribution is 5.97. The maximum atomic E-state index is 13.5. The number of carbonyl (C=O) groups is 2. The highest BCUT2D eigenvalue weighted by Crippen LogP contribution is 2.37. The second-order valence-electron chi connectivity index (χ2n) is 6.03. The third-order valence-electron chi connectivity index (χ3n) is 4.28. The fourth-order valence-corrected chi connectivity index (χ4v) is 3.01. The highest BCUT2D eigenvalue weighted by atomic mass is 19.1. The van der Waals surface area contributed by atoms with Crippen LogP contribution in [0.5, 0.6) is 0 Å². The van der Waals surface area contributed by atoms with E-state index >= 15 is 0 Å². The smallest absolute Gasteiger partial charge is 0.231 e. The van der Waals surface area contributed by atoms with Crippen LogP contribution in [0.1, 0.15) is 23.6 Å². The van der Waals surface area contributed by atoms with Gasteiger partial charge in [-0.15, -0.1) is 0 Å². The van der Waals surface area contributed by atoms with Gasteiger partial charge in [0.15, 0.2) is 0 Å². The lowest BCUT2D eigenvalue weighted by Gasteiger charge is -2.24. The quantitative estimate of drug-likeness (QED) is 0.943. The summed E-state index contributed by atoms with van der Waals surface area (Å²) in [6.07, 6.45) is 1.75. The van der Waals surface area contributed by atoms with Crippen molar-refractivity contribution < 1.29 is 14.0 Å². The van der Waals surface area contributed by atoms with Gasteiger partial charge < -0.3 is 10.2 Å². The Labute approximate surface area is 139 Å². The summed E-state index contributed by atoms with van der Waals surface area (Å²) in [4.78, 5) is 30.4. The van der Waals surface area contributed by atoms with Crippen LogP contribution >= 0.6 is 0 Å². The van der Waals surface area contributed by atoms with E-state index in [2.05, 4.69) is 10.3 Å². The molecule has 0 radical (unpaired) electrons. The third-order valence-corrected chi connectivity index (χ3v) is 4.28. The minimum atomic E-state index is -0.590. The summed E-state index contributed by atoms with van der Waals surface area (Å²) in [7, 11) is 1.63. The molecule has 2 amide bonds. The van der Waals surface area contributed by atoms with Gasteiger partial charge >= 0.3 is 0 Å². The summed E-state index contributed by atoms with van der Waals surface area (Å²) in [6, 6.07) is 9.09. The van der Waals surface area contributed by atoms with Crippen LogP contribution in [0.4, 0.5) is 10.2 Å². The lowest BCUT2D eigenvalue weighted by Crippen LogP contribution is -2.30. The van der Waals surface area contributed by atoms with Crippen molar-refractivity contribution in [1.82, 2.24) is 9.88 Å². The molecule has 3 rings (SSSR count). The van der Waals surface area contributed by atoms with Gasteiger partial charge in [-0.25, -0.2) is 9.37 Å². The van der Waals surface area contributed by atoms with E-state index in [1.807, 2.05) is 13.0 Å². The monoisotopic (exact) mass is 327 g/mol. The zero-order valence-corrected chi connectivity index (χ0v) is 13.5. The molecule has 1 aromatic carbocycles. The maximum absolute atomic E-state index is 13.5. The average molecular weight is 327 g/mol. The number of aromatic nitrogens is 1. The Morgan fingerprint density at radius 3 is 2.79 bits per heavy atom. The maximum Gasteiger partial charge on any atom is 0.231 e. The molecule has 24 heavy (non-hydrogen) atoms. The Bertz CT molecular complexity index is 776. The number of likely N-dealkylation sites (tertiary alicyclic amines) is 1. The lowest BCUT2D eigenvalue weighted by atomic mass is 9.93. The molecule has 0 saturated carbocycles. The van der Waals surface area contributed by atoms with Crippen molar-refractivity contribution in [1.29, 1.82) is 0 Å². The minimum Gasteiger partial charge on any atom is -0.338 e. The first kappa shape index (κ1) is 16.1. The molecule has 1 aliphatic heterocycles. The van der Waals surface area contributed by atoms with Crippen LogP contribution in [0.2, 0.25) is 0 Å². The first-order chi connectivity index (χ1) is 11.5. The van der Waals surface area contributed by atoms with Gasteiger partial charge in [-0.05, 0) is 36.2 Å². The first-order valence-electron chi connectivity index (χ1n) is 7.70. The fraction of sp³-hybridized carbons (Fsp3) is 0.278. The summed E-state index contributed by atoms with van der Waals surface area (Å²) in [5, 5.41) is 2.74. The van der Waals surface area contributed by atoms with Gasteiger partial charge in [0.1, 0.15) is 11.6 Å². The first-order valence-corrected chi connectivity index (χ1v) is 7.70. The Hall–Kier alpha value is -2.76. The topological polar surface area (TPSA) is 62.3 Å². The number of halogens is 1. The molecule has 0 bridgehead atoms. The van der Waals surface area contributed by atoms with Crippen LogP contribution in [-0.4, -0.2) is 28.7 Å². The van der Waals surface area contributed by atoms with Crippen molar-refractivity contribution in [2.75, 3.05) is 12.4 Å². The van der Waals surface area contributed by atoms with Gasteiger partial charge in [-0.3, -0.25) is 9.59 Å². The molecule has 2 aromatic rings. The number of nitrogens with one attached hydrogen (secondary N) is 1. The number of anilines is 1. The lowest BCUT2D eigenvalue weighted by molar-refractivity contribution is -0.128. The van der Waals surface area contributed by atoms with Crippen LogP contribution in [0.3, 0.4) is 0 Å². The number of nitrogens with zero attached hydrogens (tertiary/aromatic N) is 2. The van der Waals surface area contributed by atoms with Crippen molar-refractivity contribution in [2.24, 2.45) is 5.92 Å². The number of pyridine rings is 1. The van der Waals surface area contributed by atoms with Gasteiger partial charge in [0.05, 0.1) is 12.0 Å². The van der Waals surface area contributed by atoms with E-state index in [9.17, 15) is 14.0 Å². The minimum absolute atomic E-state index is 0.0926. The molecular weight excluding hydrogens is 309 g/mol. The summed E-state index contributed by atoms with van der Waals surface area (Å²) in [5.41, 5.74) is 1.60. The number of hydrogen-bond acceptors (Lipinski definition) is 3. The Morgan fingerprint density at radius 1 is 1.33 bits per heavy atom. The van der Waals surface area contributed by atoms with Gasteiger partial charge in [0.2, 0.25) is 11.8 Å². The van der Waals surface area contributed by atoms with E-state index in [1.165, 1.54) is 17.0 Å². The van der Waals surface area contributed by atoms with E-state index in [4.69, 9.17) is 0 Å². The zero-order valence-electron chi connectivity index (χ0n) is 13.5. The molecule has 1 saturated heterocycles. The number of carbonyl (C=O) groups excluding carboxylic acids is 2. The van der Waals surface area contributed by atoms with Crippen molar-refractivity contribution in [3.63, 3.8) is 0 Å².